The van der Waals surface area contributed by atoms with E-state index in [2.05, 4.69) is 5.32 Å². The number of hydrogen-bond acceptors (Lipinski definition) is 2. The van der Waals surface area contributed by atoms with Crippen molar-refractivity contribution in [2.45, 2.75) is 38.5 Å². The SMILES string of the molecule is O=C(Nc1ccc(F)c(N2CCCC2=O)c1)[C@@H]1C[C@H]2CC[C@H]1C2. The Morgan fingerprint density at radius 3 is 2.78 bits per heavy atom. The van der Waals surface area contributed by atoms with Gasteiger partial charge in [0.15, 0.2) is 0 Å². The zero-order valence-electron chi connectivity index (χ0n) is 13.1. The van der Waals surface area contributed by atoms with Crippen LogP contribution in [0.15, 0.2) is 18.2 Å². The molecule has 2 amide bonds. The van der Waals surface area contributed by atoms with E-state index in [9.17, 15) is 14.0 Å². The first-order valence-electron chi connectivity index (χ1n) is 8.52. The quantitative estimate of drug-likeness (QED) is 0.930. The second kappa shape index (κ2) is 5.62. The summed E-state index contributed by atoms with van der Waals surface area (Å²) in [6, 6.07) is 4.49. The van der Waals surface area contributed by atoms with E-state index < -0.39 is 5.82 Å². The molecule has 23 heavy (non-hydrogen) atoms. The van der Waals surface area contributed by atoms with E-state index in [4.69, 9.17) is 0 Å². The Bertz CT molecular complexity index is 660. The van der Waals surface area contributed by atoms with Gasteiger partial charge in [-0.3, -0.25) is 9.59 Å². The van der Waals surface area contributed by atoms with Gasteiger partial charge in [0.05, 0.1) is 5.69 Å². The van der Waals surface area contributed by atoms with E-state index in [1.807, 2.05) is 0 Å². The Balaban J connectivity index is 1.51. The lowest BCUT2D eigenvalue weighted by Gasteiger charge is -2.22. The lowest BCUT2D eigenvalue weighted by molar-refractivity contribution is -0.121. The highest BCUT2D eigenvalue weighted by atomic mass is 19.1. The van der Waals surface area contributed by atoms with Crippen molar-refractivity contribution in [3.63, 3.8) is 0 Å². The summed E-state index contributed by atoms with van der Waals surface area (Å²) in [6.45, 7) is 0.541. The average Bonchev–Trinajstić information content (AvgIpc) is 3.25. The number of nitrogens with one attached hydrogen (secondary N) is 1. The lowest BCUT2D eigenvalue weighted by atomic mass is 9.88. The van der Waals surface area contributed by atoms with E-state index >= 15 is 0 Å². The number of rotatable bonds is 3. The van der Waals surface area contributed by atoms with Crippen LogP contribution in [0.5, 0.6) is 0 Å². The molecule has 1 N–H and O–H groups in total. The fourth-order valence-electron chi connectivity index (χ4n) is 4.50. The van der Waals surface area contributed by atoms with Crippen LogP contribution in [0.25, 0.3) is 0 Å². The van der Waals surface area contributed by atoms with Crippen LogP contribution in [-0.4, -0.2) is 18.4 Å². The highest BCUT2D eigenvalue weighted by Gasteiger charge is 2.43. The molecule has 5 heteroatoms. The molecule has 0 aromatic heterocycles. The largest absolute Gasteiger partial charge is 0.326 e. The zero-order chi connectivity index (χ0) is 16.0. The standard InChI is InChI=1S/C18H21FN2O2/c19-15-6-5-13(10-16(15)21-7-1-2-17(21)22)20-18(23)14-9-11-3-4-12(14)8-11/h5-6,10-12,14H,1-4,7-9H2,(H,20,23)/t11-,12-,14+/m0/s1. The Labute approximate surface area is 135 Å². The predicted octanol–water partition coefficient (Wildman–Crippen LogP) is 3.33. The number of anilines is 2. The molecule has 3 atom stereocenters. The van der Waals surface area contributed by atoms with Crippen LogP contribution in [0.3, 0.4) is 0 Å². The van der Waals surface area contributed by atoms with Crippen molar-refractivity contribution in [3.8, 4) is 0 Å². The number of nitrogens with zero attached hydrogens (tertiary/aromatic N) is 1. The van der Waals surface area contributed by atoms with Gasteiger partial charge in [-0.05, 0) is 55.7 Å². The summed E-state index contributed by atoms with van der Waals surface area (Å²) < 4.78 is 14.0. The summed E-state index contributed by atoms with van der Waals surface area (Å²) in [5.74, 6) is 0.888. The van der Waals surface area contributed by atoms with Crippen LogP contribution in [0.2, 0.25) is 0 Å². The van der Waals surface area contributed by atoms with Gasteiger partial charge in [0.25, 0.3) is 0 Å². The maximum absolute atomic E-state index is 14.0. The van der Waals surface area contributed by atoms with Crippen molar-refractivity contribution >= 4 is 23.2 Å². The van der Waals surface area contributed by atoms with Gasteiger partial charge in [-0.2, -0.15) is 0 Å². The molecule has 2 saturated carbocycles. The topological polar surface area (TPSA) is 49.4 Å². The summed E-state index contributed by atoms with van der Waals surface area (Å²) in [6.07, 6.45) is 5.78. The maximum atomic E-state index is 14.0. The van der Waals surface area contributed by atoms with Gasteiger partial charge in [0, 0.05) is 24.6 Å². The number of benzene rings is 1. The third kappa shape index (κ3) is 2.62. The Hall–Kier alpha value is -1.91. The third-order valence-corrected chi connectivity index (χ3v) is 5.65. The number of fused-ring (bicyclic) bond motifs is 2. The number of hydrogen-bond donors (Lipinski definition) is 1. The number of carbonyl (C=O) groups excluding carboxylic acids is 2. The predicted molar refractivity (Wildman–Crippen MR) is 85.6 cm³/mol. The first-order chi connectivity index (χ1) is 11.1. The third-order valence-electron chi connectivity index (χ3n) is 5.65. The Kier molecular flexibility index (Phi) is 3.58. The van der Waals surface area contributed by atoms with E-state index in [0.29, 0.717) is 30.5 Å². The molecule has 0 unspecified atom stereocenters. The van der Waals surface area contributed by atoms with E-state index in [1.165, 1.54) is 23.8 Å². The van der Waals surface area contributed by atoms with Crippen molar-refractivity contribution in [1.29, 1.82) is 0 Å². The molecule has 3 fully saturated rings. The first kappa shape index (κ1) is 14.7. The molecule has 2 aliphatic carbocycles. The van der Waals surface area contributed by atoms with Crippen molar-refractivity contribution in [2.24, 2.45) is 17.8 Å². The number of carbonyl (C=O) groups is 2. The molecule has 1 aromatic rings. The van der Waals surface area contributed by atoms with Crippen molar-refractivity contribution in [1.82, 2.24) is 0 Å². The van der Waals surface area contributed by atoms with E-state index in [-0.39, 0.29) is 23.4 Å². The molecular formula is C18H21FN2O2. The summed E-state index contributed by atoms with van der Waals surface area (Å²) in [5.41, 5.74) is 0.854. The first-order valence-corrected chi connectivity index (χ1v) is 8.52. The summed E-state index contributed by atoms with van der Waals surface area (Å²) in [4.78, 5) is 25.8. The minimum absolute atomic E-state index is 0.0440. The Morgan fingerprint density at radius 2 is 2.13 bits per heavy atom. The molecule has 1 saturated heterocycles. The van der Waals surface area contributed by atoms with Gasteiger partial charge in [-0.25, -0.2) is 4.39 Å². The van der Waals surface area contributed by atoms with Gasteiger partial charge in [0.1, 0.15) is 5.82 Å². The van der Waals surface area contributed by atoms with Gasteiger partial charge >= 0.3 is 0 Å². The minimum Gasteiger partial charge on any atom is -0.326 e. The molecule has 3 aliphatic rings. The molecule has 1 aliphatic heterocycles. The highest BCUT2D eigenvalue weighted by molar-refractivity contribution is 5.97. The van der Waals surface area contributed by atoms with Gasteiger partial charge in [-0.1, -0.05) is 6.42 Å². The number of halogens is 1. The van der Waals surface area contributed by atoms with Crippen LogP contribution in [0.1, 0.15) is 38.5 Å². The monoisotopic (exact) mass is 316 g/mol. The second-order valence-electron chi connectivity index (χ2n) is 7.09. The normalized spacial score (nSPS) is 29.3. The fourth-order valence-corrected chi connectivity index (χ4v) is 4.50. The van der Waals surface area contributed by atoms with E-state index in [1.54, 1.807) is 12.1 Å². The highest BCUT2D eigenvalue weighted by Crippen LogP contribution is 2.48. The molecule has 1 aromatic carbocycles. The van der Waals surface area contributed by atoms with Crippen molar-refractivity contribution in [2.75, 3.05) is 16.8 Å². The van der Waals surface area contributed by atoms with Gasteiger partial charge in [-0.15, -0.1) is 0 Å². The molecule has 4 nitrogen and oxygen atoms in total. The molecule has 4 rings (SSSR count). The molecular weight excluding hydrogens is 295 g/mol. The summed E-state index contributed by atoms with van der Waals surface area (Å²) >= 11 is 0. The fraction of sp³-hybridized carbons (Fsp3) is 0.556. The molecule has 2 bridgehead atoms. The van der Waals surface area contributed by atoms with E-state index in [0.717, 1.165) is 19.3 Å². The van der Waals surface area contributed by atoms with Gasteiger partial charge < -0.3 is 10.2 Å². The maximum Gasteiger partial charge on any atom is 0.227 e. The summed E-state index contributed by atoms with van der Waals surface area (Å²) in [5, 5.41) is 2.93. The molecule has 1 heterocycles. The van der Waals surface area contributed by atoms with Crippen LogP contribution >= 0.6 is 0 Å². The zero-order valence-corrected chi connectivity index (χ0v) is 13.1. The van der Waals surface area contributed by atoms with Crippen LogP contribution < -0.4 is 10.2 Å². The van der Waals surface area contributed by atoms with Crippen LogP contribution in [-0.2, 0) is 9.59 Å². The Morgan fingerprint density at radius 1 is 1.26 bits per heavy atom. The molecule has 0 radical (unpaired) electrons. The van der Waals surface area contributed by atoms with Crippen LogP contribution in [0, 0.1) is 23.6 Å². The summed E-state index contributed by atoms with van der Waals surface area (Å²) in [7, 11) is 0. The van der Waals surface area contributed by atoms with Crippen molar-refractivity contribution in [3.05, 3.63) is 24.0 Å². The molecule has 0 spiro atoms. The van der Waals surface area contributed by atoms with Crippen molar-refractivity contribution < 1.29 is 14.0 Å². The minimum atomic E-state index is -0.418. The second-order valence-corrected chi connectivity index (χ2v) is 7.09. The smallest absolute Gasteiger partial charge is 0.227 e. The van der Waals surface area contributed by atoms with Gasteiger partial charge in [0.2, 0.25) is 11.8 Å². The molecule has 122 valence electrons. The van der Waals surface area contributed by atoms with Crippen LogP contribution in [0.4, 0.5) is 15.8 Å². The number of amides is 2. The average molecular weight is 316 g/mol. The lowest BCUT2D eigenvalue weighted by Crippen LogP contribution is -2.28.